The van der Waals surface area contributed by atoms with Crippen molar-refractivity contribution in [2.75, 3.05) is 64.2 Å². The van der Waals surface area contributed by atoms with E-state index in [0.717, 1.165) is 75.2 Å². The van der Waals surface area contributed by atoms with Crippen LogP contribution in [0.5, 0.6) is 0 Å². The molecule has 4 N–H and O–H groups in total. The number of aromatic nitrogens is 3. The molecule has 12 nitrogen and oxygen atoms in total. The minimum absolute atomic E-state index is 0.0225. The number of nitrogens with one attached hydrogen (secondary N) is 2. The van der Waals surface area contributed by atoms with Crippen LogP contribution in [0.25, 0.3) is 33.5 Å². The van der Waals surface area contributed by atoms with Crippen molar-refractivity contribution in [1.29, 1.82) is 0 Å². The summed E-state index contributed by atoms with van der Waals surface area (Å²) < 4.78 is 15.1. The first-order valence-corrected chi connectivity index (χ1v) is 18.9. The van der Waals surface area contributed by atoms with Crippen LogP contribution in [0.15, 0.2) is 48.8 Å². The molecule has 53 heavy (non-hydrogen) atoms. The Morgan fingerprint density at radius 2 is 1.68 bits per heavy atom. The topological polar surface area (TPSA) is 141 Å². The number of halogens is 1. The van der Waals surface area contributed by atoms with Gasteiger partial charge in [0, 0.05) is 93.7 Å². The smallest absolute Gasteiger partial charge is 0.407 e. The maximum absolute atomic E-state index is 15.1. The van der Waals surface area contributed by atoms with Gasteiger partial charge in [-0.05, 0) is 72.9 Å². The van der Waals surface area contributed by atoms with Gasteiger partial charge in [0.2, 0.25) is 0 Å². The Balaban J connectivity index is 0.988. The molecular formula is C40H51FN8O4. The number of rotatable bonds is 9. The van der Waals surface area contributed by atoms with Gasteiger partial charge in [-0.2, -0.15) is 0 Å². The number of carbonyl (C=O) groups excluding carboxylic acids is 1. The summed E-state index contributed by atoms with van der Waals surface area (Å²) in [6, 6.07) is 12.9. The quantitative estimate of drug-likeness (QED) is 0.162. The molecule has 0 aliphatic carbocycles. The van der Waals surface area contributed by atoms with Gasteiger partial charge in [0.15, 0.2) is 0 Å². The maximum atomic E-state index is 15.1. The molecule has 2 atom stereocenters. The summed E-state index contributed by atoms with van der Waals surface area (Å²) in [6.45, 7) is 14.0. The molecule has 0 spiro atoms. The van der Waals surface area contributed by atoms with Crippen molar-refractivity contribution in [3.05, 3.63) is 65.7 Å². The van der Waals surface area contributed by atoms with Crippen LogP contribution in [0.3, 0.4) is 0 Å². The van der Waals surface area contributed by atoms with Crippen LogP contribution in [0.2, 0.25) is 0 Å². The van der Waals surface area contributed by atoms with Crippen molar-refractivity contribution >= 4 is 28.8 Å². The van der Waals surface area contributed by atoms with Crippen LogP contribution in [-0.2, 0) is 6.54 Å². The summed E-state index contributed by atoms with van der Waals surface area (Å²) in [4.78, 5) is 45.1. The van der Waals surface area contributed by atoms with Crippen LogP contribution >= 0.6 is 0 Å². The summed E-state index contributed by atoms with van der Waals surface area (Å²) in [5, 5.41) is 23.4. The maximum Gasteiger partial charge on any atom is 0.407 e. The van der Waals surface area contributed by atoms with Crippen LogP contribution in [0.1, 0.15) is 44.2 Å². The molecule has 7 rings (SSSR count). The predicted molar refractivity (Wildman–Crippen MR) is 203 cm³/mol. The van der Waals surface area contributed by atoms with Crippen molar-refractivity contribution in [2.24, 2.45) is 17.8 Å². The average molecular weight is 727 g/mol. The minimum atomic E-state index is -0.805. The predicted octanol–water partition coefficient (Wildman–Crippen LogP) is 6.12. The number of amides is 3. The molecule has 3 aliphatic heterocycles. The number of aromatic amines is 1. The number of fused-ring (bicyclic) bond motifs is 1. The number of carboxylic acid groups (broad SMARTS) is 1. The fourth-order valence-electron chi connectivity index (χ4n) is 8.27. The summed E-state index contributed by atoms with van der Waals surface area (Å²) in [5.74, 6) is 0.516. The number of piperidine rings is 1. The molecule has 4 aromatic rings. The third-order valence-corrected chi connectivity index (χ3v) is 11.3. The van der Waals surface area contributed by atoms with E-state index in [1.54, 1.807) is 4.90 Å². The van der Waals surface area contributed by atoms with Crippen LogP contribution in [0, 0.1) is 30.5 Å². The zero-order valence-electron chi connectivity index (χ0n) is 30.9. The number of piperazine rings is 1. The van der Waals surface area contributed by atoms with Crippen molar-refractivity contribution in [2.45, 2.75) is 52.7 Å². The Kier molecular flexibility index (Phi) is 11.0. The number of carbonyl (C=O) groups is 2. The number of likely N-dealkylation sites (tertiary alicyclic amines) is 2. The highest BCUT2D eigenvalue weighted by molar-refractivity contribution is 5.97. The molecule has 2 aromatic carbocycles. The van der Waals surface area contributed by atoms with Gasteiger partial charge in [-0.1, -0.05) is 38.1 Å². The first-order valence-electron chi connectivity index (χ1n) is 18.9. The molecule has 0 radical (unpaired) electrons. The molecule has 13 heteroatoms. The lowest BCUT2D eigenvalue weighted by Gasteiger charge is -2.38. The average Bonchev–Trinajstić information content (AvgIpc) is 3.74. The molecule has 3 aliphatic rings. The highest BCUT2D eigenvalue weighted by atomic mass is 19.1. The van der Waals surface area contributed by atoms with Gasteiger partial charge in [-0.15, -0.1) is 0 Å². The molecule has 3 amide bonds. The lowest BCUT2D eigenvalue weighted by molar-refractivity contribution is 0.0875. The lowest BCUT2D eigenvalue weighted by atomic mass is 9.95. The minimum Gasteiger partial charge on any atom is -0.465 e. The molecule has 3 saturated heterocycles. The van der Waals surface area contributed by atoms with Gasteiger partial charge in [-0.3, -0.25) is 4.90 Å². The number of hydrogen-bond donors (Lipinski definition) is 4. The van der Waals surface area contributed by atoms with E-state index in [1.807, 2.05) is 13.0 Å². The summed E-state index contributed by atoms with van der Waals surface area (Å²) in [7, 11) is 0. The molecule has 2 aromatic heterocycles. The van der Waals surface area contributed by atoms with E-state index in [4.69, 9.17) is 0 Å². The number of nitrogens with zero attached hydrogens (tertiary/aromatic N) is 6. The van der Waals surface area contributed by atoms with Crippen molar-refractivity contribution < 1.29 is 24.2 Å². The van der Waals surface area contributed by atoms with E-state index in [9.17, 15) is 19.8 Å². The molecule has 282 valence electrons. The van der Waals surface area contributed by atoms with E-state index in [0.29, 0.717) is 59.6 Å². The number of H-pyrrole nitrogens is 1. The largest absolute Gasteiger partial charge is 0.465 e. The highest BCUT2D eigenvalue weighted by Gasteiger charge is 2.34. The van der Waals surface area contributed by atoms with E-state index in [1.165, 1.54) is 28.9 Å². The number of urea groups is 1. The van der Waals surface area contributed by atoms with Crippen LogP contribution in [0.4, 0.5) is 19.7 Å². The Morgan fingerprint density at radius 3 is 2.38 bits per heavy atom. The second-order valence-corrected chi connectivity index (χ2v) is 15.6. The molecular weight excluding hydrogens is 675 g/mol. The second kappa shape index (κ2) is 15.8. The van der Waals surface area contributed by atoms with Crippen molar-refractivity contribution in [3.63, 3.8) is 0 Å². The molecule has 0 saturated carbocycles. The Hall–Kier alpha value is -4.59. The molecule has 0 unspecified atom stereocenters. The van der Waals surface area contributed by atoms with Gasteiger partial charge in [0.25, 0.3) is 0 Å². The van der Waals surface area contributed by atoms with Crippen molar-refractivity contribution in [1.82, 2.24) is 34.6 Å². The highest BCUT2D eigenvalue weighted by Crippen LogP contribution is 2.35. The van der Waals surface area contributed by atoms with Crippen LogP contribution < -0.4 is 5.32 Å². The van der Waals surface area contributed by atoms with E-state index in [2.05, 4.69) is 68.2 Å². The van der Waals surface area contributed by atoms with Gasteiger partial charge in [0.05, 0.1) is 11.8 Å². The first-order chi connectivity index (χ1) is 25.5. The van der Waals surface area contributed by atoms with Gasteiger partial charge >= 0.3 is 12.1 Å². The fraction of sp³-hybridized carbons (Fsp3) is 0.500. The number of β-amino-alcohol motifs (C(OH)–C–C–N with tert-alkyl or cyclic N) is 1. The molecule has 3 fully saturated rings. The number of aliphatic hydroxyl groups excluding tert-OH is 1. The number of benzene rings is 2. The monoisotopic (exact) mass is 726 g/mol. The van der Waals surface area contributed by atoms with Gasteiger partial charge in [0.1, 0.15) is 17.8 Å². The van der Waals surface area contributed by atoms with Gasteiger partial charge < -0.3 is 35.2 Å². The zero-order chi connectivity index (χ0) is 37.2. The van der Waals surface area contributed by atoms with Gasteiger partial charge in [-0.25, -0.2) is 23.9 Å². The Bertz CT molecular complexity index is 1920. The summed E-state index contributed by atoms with van der Waals surface area (Å²) in [6.07, 6.45) is 2.81. The van der Waals surface area contributed by atoms with Crippen molar-refractivity contribution in [3.8, 4) is 22.5 Å². The summed E-state index contributed by atoms with van der Waals surface area (Å²) >= 11 is 0. The van der Waals surface area contributed by atoms with Crippen LogP contribution in [-0.4, -0.2) is 122 Å². The second-order valence-electron chi connectivity index (χ2n) is 15.6. The Labute approximate surface area is 310 Å². The van der Waals surface area contributed by atoms with E-state index >= 15 is 4.39 Å². The Morgan fingerprint density at radius 1 is 0.962 bits per heavy atom. The fourth-order valence-corrected chi connectivity index (χ4v) is 8.27. The molecule has 0 bridgehead atoms. The number of anilines is 1. The lowest BCUT2D eigenvalue weighted by Crippen LogP contribution is -2.48. The van der Waals surface area contributed by atoms with E-state index < -0.39 is 18.0 Å². The number of hydrogen-bond acceptors (Lipinski definition) is 7. The normalized spacial score (nSPS) is 20.5. The third-order valence-electron chi connectivity index (χ3n) is 11.3. The SMILES string of the molecule is Cc1c(NC(=O)N2C[C@H](CC(C)C)[C@@H](O)C2)cc(F)cc1-c1ncnc2[nH]c(-c3ccc(CN4CCN(CC5CCN(C(=O)O)CC5)CC4)cc3)cc12. The number of aliphatic hydroxyl groups is 1. The standard InChI is InChI=1S/C40H51FN8O4/c1-25(2)16-30-22-49(23-36(30)50)39(51)45-34-18-31(41)17-32(26(34)3)37-33-19-35(44-38(33)43-24-42-37)29-6-4-27(5-7-29)20-46-12-14-47(15-13-46)21-28-8-10-48(11-9-28)40(52)53/h4-7,17-19,24-25,28,30,36,50H,8-16,20-23H2,1-3H3,(H,45,51)(H,52,53)(H,42,43,44)/t30-,36-/m0/s1. The molecule has 5 heterocycles. The first kappa shape index (κ1) is 36.8. The third kappa shape index (κ3) is 8.47. The zero-order valence-corrected chi connectivity index (χ0v) is 30.9. The van der Waals surface area contributed by atoms with E-state index in [-0.39, 0.29) is 18.5 Å². The summed E-state index contributed by atoms with van der Waals surface area (Å²) in [5.41, 5.74) is 5.94.